The van der Waals surface area contributed by atoms with E-state index in [1.165, 1.54) is 0 Å². The number of nitro benzene ring substituents is 1. The Labute approximate surface area is 119 Å². The Kier molecular flexibility index (Phi) is 4.46. The van der Waals surface area contributed by atoms with Gasteiger partial charge in [0.05, 0.1) is 16.7 Å². The SMILES string of the molecule is CC1CCCNC1C(=O)Nc1cc([N+](=O)[O-])c(F)cc1F. The largest absolute Gasteiger partial charge is 0.322 e. The zero-order chi connectivity index (χ0) is 15.6. The quantitative estimate of drug-likeness (QED) is 0.662. The van der Waals surface area contributed by atoms with Crippen LogP contribution >= 0.6 is 0 Å². The van der Waals surface area contributed by atoms with Crippen molar-refractivity contribution in [1.29, 1.82) is 0 Å². The predicted molar refractivity (Wildman–Crippen MR) is 71.8 cm³/mol. The second-order valence-electron chi connectivity index (χ2n) is 5.08. The molecule has 0 radical (unpaired) electrons. The number of piperidine rings is 1. The molecule has 1 aliphatic heterocycles. The lowest BCUT2D eigenvalue weighted by molar-refractivity contribution is -0.387. The van der Waals surface area contributed by atoms with Gasteiger partial charge in [-0.3, -0.25) is 14.9 Å². The summed E-state index contributed by atoms with van der Waals surface area (Å²) in [5, 5.41) is 15.9. The van der Waals surface area contributed by atoms with Crippen LogP contribution in [0.25, 0.3) is 0 Å². The van der Waals surface area contributed by atoms with Crippen LogP contribution in [-0.2, 0) is 4.79 Å². The van der Waals surface area contributed by atoms with Crippen molar-refractivity contribution in [2.45, 2.75) is 25.8 Å². The molecule has 1 fully saturated rings. The van der Waals surface area contributed by atoms with Crippen molar-refractivity contribution >= 4 is 17.3 Å². The van der Waals surface area contributed by atoms with Crippen LogP contribution in [-0.4, -0.2) is 23.4 Å². The minimum Gasteiger partial charge on any atom is -0.322 e. The summed E-state index contributed by atoms with van der Waals surface area (Å²) in [4.78, 5) is 21.8. The van der Waals surface area contributed by atoms with Gasteiger partial charge < -0.3 is 10.6 Å². The molecular formula is C13H15F2N3O3. The highest BCUT2D eigenvalue weighted by Crippen LogP contribution is 2.26. The van der Waals surface area contributed by atoms with Gasteiger partial charge in [-0.2, -0.15) is 4.39 Å². The minimum atomic E-state index is -1.28. The molecule has 0 spiro atoms. The van der Waals surface area contributed by atoms with Crippen molar-refractivity contribution in [3.8, 4) is 0 Å². The maximum Gasteiger partial charge on any atom is 0.307 e. The van der Waals surface area contributed by atoms with Crippen LogP contribution in [0.15, 0.2) is 12.1 Å². The summed E-state index contributed by atoms with van der Waals surface area (Å²) < 4.78 is 26.8. The van der Waals surface area contributed by atoms with Crippen LogP contribution in [0.2, 0.25) is 0 Å². The first-order valence-corrected chi connectivity index (χ1v) is 6.58. The van der Waals surface area contributed by atoms with E-state index >= 15 is 0 Å². The van der Waals surface area contributed by atoms with Crippen LogP contribution in [0.3, 0.4) is 0 Å². The highest BCUT2D eigenvalue weighted by Gasteiger charge is 2.28. The van der Waals surface area contributed by atoms with Crippen LogP contribution in [0.4, 0.5) is 20.2 Å². The van der Waals surface area contributed by atoms with Crippen molar-refractivity contribution in [1.82, 2.24) is 5.32 Å². The van der Waals surface area contributed by atoms with Crippen LogP contribution in [0.5, 0.6) is 0 Å². The van der Waals surface area contributed by atoms with Crippen molar-refractivity contribution in [2.75, 3.05) is 11.9 Å². The Morgan fingerprint density at radius 1 is 1.43 bits per heavy atom. The molecule has 6 nitrogen and oxygen atoms in total. The Morgan fingerprint density at radius 3 is 2.76 bits per heavy atom. The summed E-state index contributed by atoms with van der Waals surface area (Å²) in [5.74, 6) is -2.74. The molecule has 21 heavy (non-hydrogen) atoms. The molecule has 8 heteroatoms. The fraction of sp³-hybridized carbons (Fsp3) is 0.462. The van der Waals surface area contributed by atoms with Gasteiger partial charge in [-0.15, -0.1) is 0 Å². The van der Waals surface area contributed by atoms with E-state index in [-0.39, 0.29) is 5.92 Å². The van der Waals surface area contributed by atoms with Gasteiger partial charge in [-0.25, -0.2) is 4.39 Å². The molecule has 2 rings (SSSR count). The normalized spacial score (nSPS) is 21.9. The molecule has 2 atom stereocenters. The molecule has 1 aromatic rings. The average molecular weight is 299 g/mol. The summed E-state index contributed by atoms with van der Waals surface area (Å²) in [7, 11) is 0. The number of nitro groups is 1. The van der Waals surface area contributed by atoms with Gasteiger partial charge in [0.1, 0.15) is 5.82 Å². The number of hydrogen-bond acceptors (Lipinski definition) is 4. The van der Waals surface area contributed by atoms with E-state index in [0.717, 1.165) is 12.8 Å². The Hall–Kier alpha value is -2.09. The van der Waals surface area contributed by atoms with E-state index in [1.807, 2.05) is 6.92 Å². The Morgan fingerprint density at radius 2 is 2.14 bits per heavy atom. The molecule has 0 aromatic heterocycles. The zero-order valence-electron chi connectivity index (χ0n) is 11.4. The molecule has 2 unspecified atom stereocenters. The number of carbonyl (C=O) groups excluding carboxylic acids is 1. The van der Waals surface area contributed by atoms with Crippen molar-refractivity contribution in [3.05, 3.63) is 33.9 Å². The number of hydrogen-bond donors (Lipinski definition) is 2. The number of nitrogens with one attached hydrogen (secondary N) is 2. The van der Waals surface area contributed by atoms with Crippen LogP contribution in [0, 0.1) is 27.7 Å². The van der Waals surface area contributed by atoms with Crippen LogP contribution < -0.4 is 10.6 Å². The molecule has 0 saturated carbocycles. The van der Waals surface area contributed by atoms with E-state index in [1.54, 1.807) is 0 Å². The minimum absolute atomic E-state index is 0.0669. The van der Waals surface area contributed by atoms with Gasteiger partial charge in [0.15, 0.2) is 0 Å². The van der Waals surface area contributed by atoms with E-state index in [4.69, 9.17) is 0 Å². The number of benzene rings is 1. The monoisotopic (exact) mass is 299 g/mol. The summed E-state index contributed by atoms with van der Waals surface area (Å²) >= 11 is 0. The van der Waals surface area contributed by atoms with E-state index in [0.29, 0.717) is 18.7 Å². The predicted octanol–water partition coefficient (Wildman–Crippen LogP) is 2.20. The zero-order valence-corrected chi connectivity index (χ0v) is 11.4. The van der Waals surface area contributed by atoms with Gasteiger partial charge in [0.25, 0.3) is 0 Å². The highest BCUT2D eigenvalue weighted by molar-refractivity contribution is 5.95. The number of halogens is 2. The topological polar surface area (TPSA) is 84.3 Å². The van der Waals surface area contributed by atoms with E-state index < -0.39 is 39.9 Å². The second kappa shape index (κ2) is 6.13. The molecule has 1 aromatic carbocycles. The summed E-state index contributed by atoms with van der Waals surface area (Å²) in [6, 6.07) is 0.587. The number of rotatable bonds is 3. The molecular weight excluding hydrogens is 284 g/mol. The maximum absolute atomic E-state index is 13.6. The fourth-order valence-corrected chi connectivity index (χ4v) is 2.38. The molecule has 2 N–H and O–H groups in total. The fourth-order valence-electron chi connectivity index (χ4n) is 2.38. The summed E-state index contributed by atoms with van der Waals surface area (Å²) in [5.41, 5.74) is -1.27. The summed E-state index contributed by atoms with van der Waals surface area (Å²) in [6.07, 6.45) is 1.80. The molecule has 0 bridgehead atoms. The van der Waals surface area contributed by atoms with E-state index in [9.17, 15) is 23.7 Å². The molecule has 0 aliphatic carbocycles. The van der Waals surface area contributed by atoms with Crippen molar-refractivity contribution in [2.24, 2.45) is 5.92 Å². The van der Waals surface area contributed by atoms with Crippen LogP contribution in [0.1, 0.15) is 19.8 Å². The molecule has 1 saturated heterocycles. The first-order chi connectivity index (χ1) is 9.90. The third-order valence-electron chi connectivity index (χ3n) is 3.54. The lowest BCUT2D eigenvalue weighted by Crippen LogP contribution is -2.48. The van der Waals surface area contributed by atoms with Crippen molar-refractivity contribution in [3.63, 3.8) is 0 Å². The number of anilines is 1. The highest BCUT2D eigenvalue weighted by atomic mass is 19.1. The van der Waals surface area contributed by atoms with Gasteiger partial charge in [0, 0.05) is 12.1 Å². The second-order valence-corrected chi connectivity index (χ2v) is 5.08. The molecule has 1 aliphatic rings. The number of carbonyl (C=O) groups is 1. The number of amides is 1. The lowest BCUT2D eigenvalue weighted by atomic mass is 9.92. The first-order valence-electron chi connectivity index (χ1n) is 6.58. The van der Waals surface area contributed by atoms with Gasteiger partial charge in [-0.1, -0.05) is 6.92 Å². The van der Waals surface area contributed by atoms with Gasteiger partial charge in [0.2, 0.25) is 11.7 Å². The maximum atomic E-state index is 13.6. The number of nitrogens with zero attached hydrogens (tertiary/aromatic N) is 1. The van der Waals surface area contributed by atoms with Gasteiger partial charge >= 0.3 is 5.69 Å². The smallest absolute Gasteiger partial charge is 0.307 e. The molecule has 1 heterocycles. The van der Waals surface area contributed by atoms with E-state index in [2.05, 4.69) is 10.6 Å². The third-order valence-corrected chi connectivity index (χ3v) is 3.54. The van der Waals surface area contributed by atoms with Gasteiger partial charge in [-0.05, 0) is 25.3 Å². The summed E-state index contributed by atoms with van der Waals surface area (Å²) in [6.45, 7) is 2.56. The average Bonchev–Trinajstić information content (AvgIpc) is 2.41. The van der Waals surface area contributed by atoms with Crippen molar-refractivity contribution < 1.29 is 18.5 Å². The Bertz CT molecular complexity index is 580. The first kappa shape index (κ1) is 15.3. The third kappa shape index (κ3) is 3.33. The lowest BCUT2D eigenvalue weighted by Gasteiger charge is -2.28. The molecule has 1 amide bonds. The standard InChI is InChI=1S/C13H15F2N3O3/c1-7-3-2-4-16-12(7)13(19)17-10-6-11(18(20)21)9(15)5-8(10)14/h5-7,12,16H,2-4H2,1H3,(H,17,19). The Balaban J connectivity index is 2.20. The molecule has 114 valence electrons.